The van der Waals surface area contributed by atoms with Crippen molar-refractivity contribution in [2.45, 2.75) is 45.1 Å². The predicted octanol–water partition coefficient (Wildman–Crippen LogP) is 2.07. The highest BCUT2D eigenvalue weighted by Crippen LogP contribution is 2.26. The molecule has 13 heavy (non-hydrogen) atoms. The molecule has 0 spiro atoms. The SMILES string of the molecule is C=[N+]1CCOC(CCC)(CCC)C1. The fourth-order valence-electron chi connectivity index (χ4n) is 2.26. The largest absolute Gasteiger partial charge is 0.362 e. The van der Waals surface area contributed by atoms with Crippen molar-refractivity contribution < 1.29 is 9.31 Å². The summed E-state index contributed by atoms with van der Waals surface area (Å²) in [6.07, 6.45) is 4.75. The minimum Gasteiger partial charge on any atom is -0.362 e. The summed E-state index contributed by atoms with van der Waals surface area (Å²) in [5, 5.41) is 0. The zero-order valence-electron chi connectivity index (χ0n) is 9.01. The first-order chi connectivity index (χ1) is 6.22. The maximum atomic E-state index is 5.94. The van der Waals surface area contributed by atoms with E-state index in [2.05, 4.69) is 25.1 Å². The van der Waals surface area contributed by atoms with E-state index in [0.29, 0.717) is 0 Å². The van der Waals surface area contributed by atoms with Gasteiger partial charge in [0.2, 0.25) is 0 Å². The average molecular weight is 184 g/mol. The van der Waals surface area contributed by atoms with Crippen LogP contribution < -0.4 is 0 Å². The second-order valence-corrected chi connectivity index (χ2v) is 4.08. The Bertz CT molecular complexity index is 165. The molecule has 1 aliphatic heterocycles. The summed E-state index contributed by atoms with van der Waals surface area (Å²) in [6, 6.07) is 0. The fourth-order valence-corrected chi connectivity index (χ4v) is 2.26. The van der Waals surface area contributed by atoms with Gasteiger partial charge >= 0.3 is 0 Å². The molecule has 0 aliphatic carbocycles. The van der Waals surface area contributed by atoms with Crippen molar-refractivity contribution in [3.05, 3.63) is 0 Å². The molecule has 1 fully saturated rings. The molecule has 0 aromatic heterocycles. The van der Waals surface area contributed by atoms with E-state index >= 15 is 0 Å². The van der Waals surface area contributed by atoms with Gasteiger partial charge in [-0.3, -0.25) is 0 Å². The first-order valence-electron chi connectivity index (χ1n) is 5.42. The molecular formula is C11H22NO+. The molecule has 2 nitrogen and oxygen atoms in total. The van der Waals surface area contributed by atoms with Crippen LogP contribution in [0.1, 0.15) is 39.5 Å². The van der Waals surface area contributed by atoms with Crippen molar-refractivity contribution in [1.82, 2.24) is 0 Å². The van der Waals surface area contributed by atoms with Crippen LogP contribution in [-0.2, 0) is 4.74 Å². The summed E-state index contributed by atoms with van der Waals surface area (Å²) in [6.45, 7) is 11.3. The molecule has 0 aromatic carbocycles. The molecule has 0 amide bonds. The fraction of sp³-hybridized carbons (Fsp3) is 0.909. The first kappa shape index (κ1) is 10.7. The monoisotopic (exact) mass is 184 g/mol. The van der Waals surface area contributed by atoms with Gasteiger partial charge in [0.1, 0.15) is 18.9 Å². The first-order valence-corrected chi connectivity index (χ1v) is 5.42. The van der Waals surface area contributed by atoms with Crippen LogP contribution in [0.25, 0.3) is 0 Å². The van der Waals surface area contributed by atoms with E-state index in [1.54, 1.807) is 0 Å². The summed E-state index contributed by atoms with van der Waals surface area (Å²) in [4.78, 5) is 0. The Morgan fingerprint density at radius 1 is 1.31 bits per heavy atom. The van der Waals surface area contributed by atoms with E-state index in [0.717, 1.165) is 19.7 Å². The molecule has 0 aromatic rings. The second kappa shape index (κ2) is 4.75. The minimum atomic E-state index is 0.115. The van der Waals surface area contributed by atoms with Crippen molar-refractivity contribution >= 4 is 6.72 Å². The summed E-state index contributed by atoms with van der Waals surface area (Å²) < 4.78 is 8.08. The highest BCUT2D eigenvalue weighted by molar-refractivity contribution is 5.15. The lowest BCUT2D eigenvalue weighted by Crippen LogP contribution is -2.47. The minimum absolute atomic E-state index is 0.115. The van der Waals surface area contributed by atoms with Gasteiger partial charge in [0, 0.05) is 0 Å². The molecule has 0 saturated carbocycles. The lowest BCUT2D eigenvalue weighted by molar-refractivity contribution is -0.564. The zero-order chi connectivity index (χ0) is 9.73. The van der Waals surface area contributed by atoms with Crippen LogP contribution in [-0.4, -0.2) is 36.6 Å². The van der Waals surface area contributed by atoms with Crippen LogP contribution in [0.2, 0.25) is 0 Å². The van der Waals surface area contributed by atoms with Gasteiger partial charge in [0.25, 0.3) is 0 Å². The smallest absolute Gasteiger partial charge is 0.171 e. The van der Waals surface area contributed by atoms with Crippen molar-refractivity contribution in [1.29, 1.82) is 0 Å². The molecular weight excluding hydrogens is 162 g/mol. The average Bonchev–Trinajstić information content (AvgIpc) is 2.04. The van der Waals surface area contributed by atoms with Crippen molar-refractivity contribution in [3.63, 3.8) is 0 Å². The van der Waals surface area contributed by atoms with Crippen LogP contribution in [0, 0.1) is 0 Å². The topological polar surface area (TPSA) is 12.2 Å². The van der Waals surface area contributed by atoms with Crippen molar-refractivity contribution in [2.75, 3.05) is 19.7 Å². The number of hydrogen-bond donors (Lipinski definition) is 0. The Kier molecular flexibility index (Phi) is 3.91. The predicted molar refractivity (Wildman–Crippen MR) is 55.6 cm³/mol. The Hall–Kier alpha value is -0.370. The lowest BCUT2D eigenvalue weighted by Gasteiger charge is -2.34. The van der Waals surface area contributed by atoms with Gasteiger partial charge in [-0.15, -0.1) is 0 Å². The van der Waals surface area contributed by atoms with E-state index in [9.17, 15) is 0 Å². The summed E-state index contributed by atoms with van der Waals surface area (Å²) in [5.41, 5.74) is 0.115. The van der Waals surface area contributed by atoms with E-state index in [1.807, 2.05) is 0 Å². The quantitative estimate of drug-likeness (QED) is 0.609. The number of rotatable bonds is 4. The zero-order valence-corrected chi connectivity index (χ0v) is 9.01. The Morgan fingerprint density at radius 2 is 1.92 bits per heavy atom. The molecule has 1 heterocycles. The number of ether oxygens (including phenoxy) is 1. The normalized spacial score (nSPS) is 21.8. The molecule has 1 rings (SSSR count). The third-order valence-electron chi connectivity index (χ3n) is 2.74. The third kappa shape index (κ3) is 2.80. The molecule has 0 bridgehead atoms. The molecule has 0 atom stereocenters. The Balaban J connectivity index is 2.58. The molecule has 2 heteroatoms. The van der Waals surface area contributed by atoms with E-state index in [1.165, 1.54) is 25.7 Å². The van der Waals surface area contributed by atoms with Crippen molar-refractivity contribution in [3.8, 4) is 0 Å². The van der Waals surface area contributed by atoms with E-state index in [-0.39, 0.29) is 5.60 Å². The lowest BCUT2D eigenvalue weighted by atomic mass is 9.91. The molecule has 0 radical (unpaired) electrons. The Morgan fingerprint density at radius 3 is 2.38 bits per heavy atom. The van der Waals surface area contributed by atoms with Crippen LogP contribution in [0.5, 0.6) is 0 Å². The van der Waals surface area contributed by atoms with Crippen LogP contribution in [0.4, 0.5) is 0 Å². The number of morpholine rings is 1. The van der Waals surface area contributed by atoms with Crippen LogP contribution in [0.3, 0.4) is 0 Å². The number of hydrogen-bond acceptors (Lipinski definition) is 1. The molecule has 0 unspecified atom stereocenters. The standard InChI is InChI=1S/C11H22NO/c1-4-6-11(7-5-2)10-12(3)8-9-13-11/h3-10H2,1-2H3/q+1. The van der Waals surface area contributed by atoms with Gasteiger partial charge in [-0.2, -0.15) is 0 Å². The maximum Gasteiger partial charge on any atom is 0.171 e. The Labute approximate surface area is 81.6 Å². The van der Waals surface area contributed by atoms with Gasteiger partial charge in [-0.1, -0.05) is 26.7 Å². The van der Waals surface area contributed by atoms with Gasteiger partial charge in [0.15, 0.2) is 13.1 Å². The van der Waals surface area contributed by atoms with Gasteiger partial charge in [0.05, 0.1) is 0 Å². The molecule has 76 valence electrons. The molecule has 1 saturated heterocycles. The summed E-state index contributed by atoms with van der Waals surface area (Å²) >= 11 is 0. The molecule has 1 aliphatic rings. The van der Waals surface area contributed by atoms with Gasteiger partial charge in [-0.25, -0.2) is 4.58 Å². The van der Waals surface area contributed by atoms with Gasteiger partial charge in [-0.05, 0) is 12.8 Å². The highest BCUT2D eigenvalue weighted by atomic mass is 16.5. The van der Waals surface area contributed by atoms with Crippen LogP contribution >= 0.6 is 0 Å². The maximum absolute atomic E-state index is 5.94. The van der Waals surface area contributed by atoms with E-state index in [4.69, 9.17) is 4.74 Å². The van der Waals surface area contributed by atoms with E-state index < -0.39 is 0 Å². The molecule has 0 N–H and O–H groups in total. The summed E-state index contributed by atoms with van der Waals surface area (Å²) in [7, 11) is 0. The number of nitrogens with zero attached hydrogens (tertiary/aromatic N) is 1. The second-order valence-electron chi connectivity index (χ2n) is 4.08. The van der Waals surface area contributed by atoms with Crippen LogP contribution in [0.15, 0.2) is 0 Å². The summed E-state index contributed by atoms with van der Waals surface area (Å²) in [5.74, 6) is 0. The van der Waals surface area contributed by atoms with Gasteiger partial charge < -0.3 is 4.74 Å². The highest BCUT2D eigenvalue weighted by Gasteiger charge is 2.37. The third-order valence-corrected chi connectivity index (χ3v) is 2.74. The van der Waals surface area contributed by atoms with Crippen molar-refractivity contribution in [2.24, 2.45) is 0 Å².